The van der Waals surface area contributed by atoms with E-state index < -0.39 is 35.2 Å². The Kier molecular flexibility index (Phi) is 12.6. The predicted molar refractivity (Wildman–Crippen MR) is 190 cm³/mol. The molecule has 2 aliphatic rings. The number of nitrogens with zero attached hydrogens (tertiary/aromatic N) is 3. The zero-order valence-corrected chi connectivity index (χ0v) is 30.7. The minimum atomic E-state index is -0.944. The van der Waals surface area contributed by atoms with E-state index in [1.54, 1.807) is 55.1 Å². The number of carbonyl (C=O) groups is 4. The van der Waals surface area contributed by atoms with Crippen molar-refractivity contribution in [2.24, 2.45) is 11.3 Å². The van der Waals surface area contributed by atoms with E-state index in [9.17, 15) is 29.4 Å². The zero-order chi connectivity index (χ0) is 36.7. The third-order valence-corrected chi connectivity index (χ3v) is 10.2. The first kappa shape index (κ1) is 38.6. The number of hydrogen-bond acceptors (Lipinski definition) is 7. The number of pyridine rings is 1. The monoisotopic (exact) mass is 692 g/mol. The Morgan fingerprint density at radius 3 is 2.34 bits per heavy atom. The molecule has 2 aliphatic heterocycles. The van der Waals surface area contributed by atoms with Crippen molar-refractivity contribution in [3.05, 3.63) is 59.4 Å². The average molecular weight is 693 g/mol. The molecule has 1 aromatic heterocycles. The number of phenols is 1. The first-order valence-corrected chi connectivity index (χ1v) is 18.0. The third kappa shape index (κ3) is 10.2. The molecule has 2 fully saturated rings. The van der Waals surface area contributed by atoms with Gasteiger partial charge < -0.3 is 30.1 Å². The van der Waals surface area contributed by atoms with Gasteiger partial charge in [0, 0.05) is 38.4 Å². The number of benzene rings is 1. The zero-order valence-electron chi connectivity index (χ0n) is 30.7. The maximum absolute atomic E-state index is 13.8. The molecule has 0 saturated carbocycles. The Morgan fingerprint density at radius 2 is 1.68 bits per heavy atom. The lowest BCUT2D eigenvalue weighted by Crippen LogP contribution is -2.61. The third-order valence-electron chi connectivity index (χ3n) is 10.2. The first-order valence-electron chi connectivity index (χ1n) is 18.0. The molecule has 2 aromatic rings. The Bertz CT molecular complexity index is 1500. The highest BCUT2D eigenvalue weighted by Gasteiger charge is 2.50. The summed E-state index contributed by atoms with van der Waals surface area (Å²) in [6.07, 6.45) is 8.19. The van der Waals surface area contributed by atoms with Gasteiger partial charge in [-0.25, -0.2) is 4.79 Å². The van der Waals surface area contributed by atoms with Gasteiger partial charge in [0.25, 0.3) is 0 Å². The molecule has 1 aromatic carbocycles. The van der Waals surface area contributed by atoms with E-state index in [4.69, 9.17) is 4.74 Å². The fourth-order valence-corrected chi connectivity index (χ4v) is 7.50. The highest BCUT2D eigenvalue weighted by atomic mass is 16.6. The van der Waals surface area contributed by atoms with E-state index in [-0.39, 0.29) is 42.4 Å². The minimum absolute atomic E-state index is 0.0714. The van der Waals surface area contributed by atoms with Crippen molar-refractivity contribution >= 4 is 23.9 Å². The summed E-state index contributed by atoms with van der Waals surface area (Å²) in [7, 11) is 0. The van der Waals surface area contributed by atoms with Crippen LogP contribution >= 0.6 is 0 Å². The standard InChI is InChI=1S/C39H56N4O7/c1-37(2,3)39(18-7-8-21-43(39)36(48)49)19-17-33(45)42-20-9-10-29(26-42)35(47)41-32(23-34(46)50-38(4,5)6)30-22-28(24-40-25-30)12-11-27-13-15-31(44)16-14-27/h13-16,22,24-25,29,32,44H,7-12,17-21,23,26H2,1-6H3,(H,41,47)(H,48,49)/t29-,32+,39?/m1/s1. The smallest absolute Gasteiger partial charge is 0.407 e. The predicted octanol–water partition coefficient (Wildman–Crippen LogP) is 6.43. The molecule has 1 unspecified atom stereocenters. The normalized spacial score (nSPS) is 20.6. The number of aryl methyl sites for hydroxylation is 2. The number of aromatic hydroxyl groups is 1. The van der Waals surface area contributed by atoms with Gasteiger partial charge in [0.2, 0.25) is 11.8 Å². The second-order valence-electron chi connectivity index (χ2n) is 16.0. The molecular formula is C39H56N4O7. The van der Waals surface area contributed by atoms with Crippen LogP contribution in [0.25, 0.3) is 0 Å². The second-order valence-corrected chi connectivity index (χ2v) is 16.0. The molecule has 3 N–H and O–H groups in total. The van der Waals surface area contributed by atoms with Crippen LogP contribution in [-0.4, -0.2) is 79.6 Å². The van der Waals surface area contributed by atoms with Crippen molar-refractivity contribution in [3.8, 4) is 5.75 Å². The molecule has 0 aliphatic carbocycles. The van der Waals surface area contributed by atoms with E-state index in [2.05, 4.69) is 31.1 Å². The molecular weight excluding hydrogens is 636 g/mol. The molecule has 11 heteroatoms. The SMILES string of the molecule is CC(C)(C)OC(=O)C[C@H](NC(=O)[C@@H]1CCCN(C(=O)CCC2(C(C)(C)C)CCCCN2C(=O)O)C1)c1cncc(CCc2ccc(O)cc2)c1. The number of amides is 3. The van der Waals surface area contributed by atoms with Crippen LogP contribution in [0.2, 0.25) is 0 Å². The van der Waals surface area contributed by atoms with Crippen LogP contribution in [0, 0.1) is 11.3 Å². The van der Waals surface area contributed by atoms with Gasteiger partial charge in [0.1, 0.15) is 11.4 Å². The van der Waals surface area contributed by atoms with Crippen molar-refractivity contribution in [3.63, 3.8) is 0 Å². The quantitative estimate of drug-likeness (QED) is 0.228. The van der Waals surface area contributed by atoms with Gasteiger partial charge in [0.15, 0.2) is 0 Å². The lowest BCUT2D eigenvalue weighted by Gasteiger charge is -2.54. The summed E-state index contributed by atoms with van der Waals surface area (Å²) in [5.41, 5.74) is 1.03. The number of rotatable bonds is 11. The number of ether oxygens (including phenoxy) is 1. The van der Waals surface area contributed by atoms with Gasteiger partial charge in [-0.05, 0) is 106 Å². The molecule has 11 nitrogen and oxygen atoms in total. The molecule has 0 spiro atoms. The largest absolute Gasteiger partial charge is 0.508 e. The Balaban J connectivity index is 1.45. The van der Waals surface area contributed by atoms with Crippen LogP contribution in [0.3, 0.4) is 0 Å². The summed E-state index contributed by atoms with van der Waals surface area (Å²) in [6, 6.07) is 8.34. The number of carbonyl (C=O) groups excluding carboxylic acids is 3. The van der Waals surface area contributed by atoms with Crippen LogP contribution in [0.4, 0.5) is 4.79 Å². The van der Waals surface area contributed by atoms with Crippen molar-refractivity contribution in [2.75, 3.05) is 19.6 Å². The fourth-order valence-electron chi connectivity index (χ4n) is 7.50. The van der Waals surface area contributed by atoms with Crippen molar-refractivity contribution in [2.45, 2.75) is 123 Å². The van der Waals surface area contributed by atoms with Gasteiger partial charge in [-0.2, -0.15) is 0 Å². The van der Waals surface area contributed by atoms with Gasteiger partial charge in [-0.15, -0.1) is 0 Å². The molecule has 4 rings (SSSR count). The maximum atomic E-state index is 13.8. The van der Waals surface area contributed by atoms with Crippen LogP contribution in [0.15, 0.2) is 42.7 Å². The van der Waals surface area contributed by atoms with E-state index in [0.717, 1.165) is 30.4 Å². The summed E-state index contributed by atoms with van der Waals surface area (Å²) >= 11 is 0. The summed E-state index contributed by atoms with van der Waals surface area (Å²) < 4.78 is 5.62. The number of likely N-dealkylation sites (tertiary alicyclic amines) is 2. The minimum Gasteiger partial charge on any atom is -0.508 e. The summed E-state index contributed by atoms with van der Waals surface area (Å²) in [5, 5.41) is 22.8. The Labute approximate surface area is 296 Å². The highest BCUT2D eigenvalue weighted by Crippen LogP contribution is 2.46. The number of carboxylic acid groups (broad SMARTS) is 1. The molecule has 3 heterocycles. The van der Waals surface area contributed by atoms with Crippen LogP contribution in [-0.2, 0) is 32.0 Å². The van der Waals surface area contributed by atoms with Crippen LogP contribution < -0.4 is 5.32 Å². The number of aromatic nitrogens is 1. The van der Waals surface area contributed by atoms with Crippen LogP contribution in [0.5, 0.6) is 5.75 Å². The van der Waals surface area contributed by atoms with E-state index in [0.29, 0.717) is 50.8 Å². The molecule has 3 amide bonds. The number of piperidine rings is 2. The van der Waals surface area contributed by atoms with E-state index in [1.807, 2.05) is 18.2 Å². The molecule has 3 atom stereocenters. The first-order chi connectivity index (χ1) is 23.5. The topological polar surface area (TPSA) is 149 Å². The van der Waals surface area contributed by atoms with E-state index in [1.165, 1.54) is 0 Å². The lowest BCUT2D eigenvalue weighted by atomic mass is 9.65. The highest BCUT2D eigenvalue weighted by molar-refractivity contribution is 5.82. The number of nitrogens with one attached hydrogen (secondary N) is 1. The molecule has 0 radical (unpaired) electrons. The van der Waals surface area contributed by atoms with Gasteiger partial charge in [0.05, 0.1) is 23.9 Å². The van der Waals surface area contributed by atoms with E-state index >= 15 is 0 Å². The van der Waals surface area contributed by atoms with Crippen molar-refractivity contribution < 1.29 is 34.1 Å². The molecule has 50 heavy (non-hydrogen) atoms. The number of hydrogen-bond donors (Lipinski definition) is 3. The van der Waals surface area contributed by atoms with Gasteiger partial charge >= 0.3 is 12.1 Å². The molecule has 274 valence electrons. The average Bonchev–Trinajstić information content (AvgIpc) is 3.05. The number of phenolic OH excluding ortho intramolecular Hbond substituents is 1. The van der Waals surface area contributed by atoms with Crippen molar-refractivity contribution in [1.82, 2.24) is 20.1 Å². The second kappa shape index (κ2) is 16.2. The lowest BCUT2D eigenvalue weighted by molar-refractivity contribution is -0.155. The van der Waals surface area contributed by atoms with Gasteiger partial charge in [-0.3, -0.25) is 19.4 Å². The van der Waals surface area contributed by atoms with Crippen molar-refractivity contribution in [1.29, 1.82) is 0 Å². The summed E-state index contributed by atoms with van der Waals surface area (Å²) in [6.45, 7) is 12.8. The number of esters is 1. The Hall–Kier alpha value is -4.15. The molecule has 2 saturated heterocycles. The maximum Gasteiger partial charge on any atom is 0.407 e. The fraction of sp³-hybridized carbons (Fsp3) is 0.615. The Morgan fingerprint density at radius 1 is 0.980 bits per heavy atom. The van der Waals surface area contributed by atoms with Crippen LogP contribution in [0.1, 0.15) is 116 Å². The summed E-state index contributed by atoms with van der Waals surface area (Å²) in [5.74, 6) is -0.993. The summed E-state index contributed by atoms with van der Waals surface area (Å²) in [4.78, 5) is 60.5. The van der Waals surface area contributed by atoms with Gasteiger partial charge in [-0.1, -0.05) is 39.0 Å². The molecule has 0 bridgehead atoms.